The standard InChI is InChI=1S/C8H14N2.C2H6/c1-9-5-6-10-4-2-3-8(10)7-9;1-2/h2-3,8H,4-7H2,1H3;1-2H3. The van der Waals surface area contributed by atoms with E-state index in [0.717, 1.165) is 6.04 Å². The number of rotatable bonds is 0. The molecular weight excluding hydrogens is 148 g/mol. The van der Waals surface area contributed by atoms with Crippen molar-refractivity contribution in [3.05, 3.63) is 12.2 Å². The van der Waals surface area contributed by atoms with E-state index in [2.05, 4.69) is 29.0 Å². The van der Waals surface area contributed by atoms with Gasteiger partial charge in [0.2, 0.25) is 0 Å². The van der Waals surface area contributed by atoms with Crippen molar-refractivity contribution in [2.45, 2.75) is 19.9 Å². The summed E-state index contributed by atoms with van der Waals surface area (Å²) in [4.78, 5) is 4.93. The number of likely N-dealkylation sites (N-methyl/N-ethyl adjacent to an activating group) is 1. The van der Waals surface area contributed by atoms with Crippen LogP contribution in [0.5, 0.6) is 0 Å². The maximum absolute atomic E-state index is 2.53. The van der Waals surface area contributed by atoms with Crippen LogP contribution in [0.1, 0.15) is 13.8 Å². The lowest BCUT2D eigenvalue weighted by Gasteiger charge is -2.34. The van der Waals surface area contributed by atoms with Crippen molar-refractivity contribution in [2.75, 3.05) is 33.2 Å². The molecule has 0 spiro atoms. The first kappa shape index (κ1) is 9.75. The largest absolute Gasteiger partial charge is 0.303 e. The highest BCUT2D eigenvalue weighted by molar-refractivity contribution is 5.06. The molecule has 2 aliphatic heterocycles. The number of hydrogen-bond donors (Lipinski definition) is 0. The van der Waals surface area contributed by atoms with E-state index in [0.29, 0.717) is 0 Å². The van der Waals surface area contributed by atoms with Crippen LogP contribution in [0.4, 0.5) is 0 Å². The lowest BCUT2D eigenvalue weighted by Crippen LogP contribution is -2.48. The molecule has 2 rings (SSSR count). The number of fused-ring (bicyclic) bond motifs is 1. The maximum Gasteiger partial charge on any atom is 0.0409 e. The zero-order valence-corrected chi connectivity index (χ0v) is 8.45. The van der Waals surface area contributed by atoms with E-state index in [-0.39, 0.29) is 0 Å². The predicted molar refractivity (Wildman–Crippen MR) is 53.3 cm³/mol. The van der Waals surface area contributed by atoms with Gasteiger partial charge >= 0.3 is 0 Å². The summed E-state index contributed by atoms with van der Waals surface area (Å²) in [6.07, 6.45) is 4.61. The Balaban J connectivity index is 0.000000336. The first-order valence-corrected chi connectivity index (χ1v) is 4.95. The Bertz CT molecular complexity index is 154. The van der Waals surface area contributed by atoms with E-state index in [1.54, 1.807) is 0 Å². The molecule has 70 valence electrons. The van der Waals surface area contributed by atoms with E-state index in [9.17, 15) is 0 Å². The van der Waals surface area contributed by atoms with Gasteiger partial charge in [-0.3, -0.25) is 4.90 Å². The van der Waals surface area contributed by atoms with Gasteiger partial charge < -0.3 is 4.90 Å². The van der Waals surface area contributed by atoms with Gasteiger partial charge in [-0.2, -0.15) is 0 Å². The van der Waals surface area contributed by atoms with Gasteiger partial charge in [0.25, 0.3) is 0 Å². The van der Waals surface area contributed by atoms with Crippen molar-refractivity contribution in [3.63, 3.8) is 0 Å². The van der Waals surface area contributed by atoms with E-state index in [4.69, 9.17) is 0 Å². The third-order valence-corrected chi connectivity index (χ3v) is 2.43. The van der Waals surface area contributed by atoms with Crippen LogP contribution in [-0.4, -0.2) is 49.1 Å². The van der Waals surface area contributed by atoms with Crippen LogP contribution in [0.25, 0.3) is 0 Å². The lowest BCUT2D eigenvalue weighted by atomic mass is 10.2. The zero-order chi connectivity index (χ0) is 8.97. The van der Waals surface area contributed by atoms with Gasteiger partial charge in [-0.1, -0.05) is 26.0 Å². The molecule has 2 nitrogen and oxygen atoms in total. The summed E-state index contributed by atoms with van der Waals surface area (Å²) in [6.45, 7) is 8.88. The van der Waals surface area contributed by atoms with Gasteiger partial charge in [-0.25, -0.2) is 0 Å². The summed E-state index contributed by atoms with van der Waals surface area (Å²) < 4.78 is 0. The summed E-state index contributed by atoms with van der Waals surface area (Å²) in [5.74, 6) is 0. The monoisotopic (exact) mass is 168 g/mol. The quantitative estimate of drug-likeness (QED) is 0.501. The Labute approximate surface area is 75.8 Å². The fourth-order valence-electron chi connectivity index (χ4n) is 1.75. The molecule has 1 unspecified atom stereocenters. The van der Waals surface area contributed by atoms with Gasteiger partial charge in [0.15, 0.2) is 0 Å². The second-order valence-electron chi connectivity index (χ2n) is 3.25. The summed E-state index contributed by atoms with van der Waals surface area (Å²) >= 11 is 0. The minimum atomic E-state index is 0.721. The van der Waals surface area contributed by atoms with Gasteiger partial charge in [0, 0.05) is 32.2 Å². The second kappa shape index (κ2) is 4.63. The van der Waals surface area contributed by atoms with E-state index >= 15 is 0 Å². The van der Waals surface area contributed by atoms with Crippen LogP contribution in [0.2, 0.25) is 0 Å². The average molecular weight is 168 g/mol. The molecular formula is C10H20N2. The molecule has 0 aromatic heterocycles. The SMILES string of the molecule is CC.CN1CCN2CC=CC2C1. The van der Waals surface area contributed by atoms with Gasteiger partial charge in [-0.15, -0.1) is 0 Å². The number of piperazine rings is 1. The van der Waals surface area contributed by atoms with Crippen molar-refractivity contribution in [1.29, 1.82) is 0 Å². The van der Waals surface area contributed by atoms with Gasteiger partial charge in [0.1, 0.15) is 0 Å². The molecule has 0 saturated carbocycles. The molecule has 1 atom stereocenters. The highest BCUT2D eigenvalue weighted by Crippen LogP contribution is 2.13. The normalized spacial score (nSPS) is 29.4. The van der Waals surface area contributed by atoms with Crippen molar-refractivity contribution in [3.8, 4) is 0 Å². The molecule has 0 aromatic rings. The third-order valence-electron chi connectivity index (χ3n) is 2.43. The first-order valence-electron chi connectivity index (χ1n) is 4.95. The Morgan fingerprint density at radius 2 is 2.00 bits per heavy atom. The highest BCUT2D eigenvalue weighted by Gasteiger charge is 2.24. The second-order valence-corrected chi connectivity index (χ2v) is 3.25. The minimum absolute atomic E-state index is 0.721. The van der Waals surface area contributed by atoms with E-state index in [1.807, 2.05) is 13.8 Å². The summed E-state index contributed by atoms with van der Waals surface area (Å²) in [5, 5.41) is 0. The third kappa shape index (κ3) is 2.08. The summed E-state index contributed by atoms with van der Waals surface area (Å²) in [6, 6.07) is 0.721. The average Bonchev–Trinajstić information content (AvgIpc) is 2.54. The van der Waals surface area contributed by atoms with Crippen molar-refractivity contribution >= 4 is 0 Å². The molecule has 2 heterocycles. The van der Waals surface area contributed by atoms with Crippen molar-refractivity contribution < 1.29 is 0 Å². The Hall–Kier alpha value is -0.340. The number of nitrogens with zero attached hydrogens (tertiary/aromatic N) is 2. The molecule has 0 radical (unpaired) electrons. The molecule has 2 heteroatoms. The topological polar surface area (TPSA) is 6.48 Å². The van der Waals surface area contributed by atoms with Crippen LogP contribution < -0.4 is 0 Å². The lowest BCUT2D eigenvalue weighted by molar-refractivity contribution is 0.138. The van der Waals surface area contributed by atoms with Crippen LogP contribution in [0.15, 0.2) is 12.2 Å². The van der Waals surface area contributed by atoms with E-state index in [1.165, 1.54) is 26.2 Å². The zero-order valence-electron chi connectivity index (χ0n) is 8.45. The summed E-state index contributed by atoms with van der Waals surface area (Å²) in [5.41, 5.74) is 0. The van der Waals surface area contributed by atoms with Gasteiger partial charge in [0.05, 0.1) is 0 Å². The minimum Gasteiger partial charge on any atom is -0.303 e. The highest BCUT2D eigenvalue weighted by atomic mass is 15.3. The van der Waals surface area contributed by atoms with Crippen LogP contribution in [0.3, 0.4) is 0 Å². The fourth-order valence-corrected chi connectivity index (χ4v) is 1.75. The van der Waals surface area contributed by atoms with Crippen LogP contribution in [-0.2, 0) is 0 Å². The molecule has 2 aliphatic rings. The van der Waals surface area contributed by atoms with Gasteiger partial charge in [-0.05, 0) is 7.05 Å². The molecule has 0 N–H and O–H groups in total. The van der Waals surface area contributed by atoms with Crippen molar-refractivity contribution in [2.24, 2.45) is 0 Å². The molecule has 0 bridgehead atoms. The van der Waals surface area contributed by atoms with E-state index < -0.39 is 0 Å². The molecule has 0 amide bonds. The Kier molecular flexibility index (Phi) is 3.76. The first-order chi connectivity index (χ1) is 5.86. The van der Waals surface area contributed by atoms with Crippen molar-refractivity contribution in [1.82, 2.24) is 9.80 Å². The van der Waals surface area contributed by atoms with Crippen LogP contribution in [0, 0.1) is 0 Å². The Morgan fingerprint density at radius 1 is 1.25 bits per heavy atom. The molecule has 0 aliphatic carbocycles. The number of hydrogen-bond acceptors (Lipinski definition) is 2. The molecule has 0 aromatic carbocycles. The smallest absolute Gasteiger partial charge is 0.0409 e. The molecule has 1 saturated heterocycles. The fraction of sp³-hybridized carbons (Fsp3) is 0.800. The predicted octanol–water partition coefficient (Wildman–Crippen LogP) is 1.20. The van der Waals surface area contributed by atoms with Crippen LogP contribution >= 0.6 is 0 Å². The maximum atomic E-state index is 2.53. The summed E-state index contributed by atoms with van der Waals surface area (Å²) in [7, 11) is 2.20. The molecule has 1 fully saturated rings. The molecule has 12 heavy (non-hydrogen) atoms. The Morgan fingerprint density at radius 3 is 2.75 bits per heavy atom.